The normalized spacial score (nSPS) is 10.3. The van der Waals surface area contributed by atoms with E-state index in [1.165, 1.54) is 36.2 Å². The molecule has 6 nitrogen and oxygen atoms in total. The first kappa shape index (κ1) is 13.2. The fourth-order valence-electron chi connectivity index (χ4n) is 1.34. The summed E-state index contributed by atoms with van der Waals surface area (Å²) < 4.78 is 5.08. The summed E-state index contributed by atoms with van der Waals surface area (Å²) in [7, 11) is 0. The first-order chi connectivity index (χ1) is 9.06. The quantitative estimate of drug-likeness (QED) is 0.810. The fraction of sp³-hybridized carbons (Fsp3) is 0.0833. The number of hydrogen-bond acceptors (Lipinski definition) is 5. The van der Waals surface area contributed by atoms with Crippen molar-refractivity contribution in [3.8, 4) is 0 Å². The highest BCUT2D eigenvalue weighted by molar-refractivity contribution is 7.98. The molecule has 0 fully saturated rings. The van der Waals surface area contributed by atoms with Crippen molar-refractivity contribution >= 4 is 23.7 Å². The third kappa shape index (κ3) is 3.35. The van der Waals surface area contributed by atoms with Crippen LogP contribution in [0.2, 0.25) is 0 Å². The van der Waals surface area contributed by atoms with Crippen molar-refractivity contribution in [2.45, 2.75) is 10.8 Å². The summed E-state index contributed by atoms with van der Waals surface area (Å²) in [6, 6.07) is 5.80. The average molecular weight is 279 g/mol. The molecule has 7 heteroatoms. The second-order valence-corrected chi connectivity index (χ2v) is 4.54. The molecule has 0 aliphatic heterocycles. The minimum atomic E-state index is -1.12. The number of hydrogen-bond donors (Lipinski definition) is 2. The van der Waals surface area contributed by atoms with Gasteiger partial charge in [0.2, 0.25) is 5.76 Å². The van der Waals surface area contributed by atoms with Crippen molar-refractivity contribution in [2.75, 3.05) is 0 Å². The molecule has 0 aliphatic rings. The molecule has 2 rings (SSSR count). The Morgan fingerprint density at radius 2 is 2.00 bits per heavy atom. The van der Waals surface area contributed by atoms with Gasteiger partial charge in [-0.15, -0.1) is 0 Å². The van der Waals surface area contributed by atoms with E-state index in [1.807, 2.05) is 0 Å². The zero-order valence-electron chi connectivity index (χ0n) is 9.57. The second kappa shape index (κ2) is 5.57. The van der Waals surface area contributed by atoms with Gasteiger partial charge < -0.3 is 14.6 Å². The Kier molecular flexibility index (Phi) is 3.86. The predicted octanol–water partition coefficient (Wildman–Crippen LogP) is 2.36. The Balaban J connectivity index is 2.03. The first-order valence-corrected chi connectivity index (χ1v) is 6.19. The van der Waals surface area contributed by atoms with E-state index in [2.05, 4.69) is 4.98 Å². The van der Waals surface area contributed by atoms with Crippen LogP contribution in [0.1, 0.15) is 26.7 Å². The lowest BCUT2D eigenvalue weighted by molar-refractivity contribution is 0.0658. The third-order valence-corrected chi connectivity index (χ3v) is 3.16. The molecular formula is C12H9NO5S. The molecule has 0 spiro atoms. The van der Waals surface area contributed by atoms with Gasteiger partial charge in [0.1, 0.15) is 5.76 Å². The van der Waals surface area contributed by atoms with Crippen LogP contribution in [-0.4, -0.2) is 27.1 Å². The molecule has 2 aromatic heterocycles. The van der Waals surface area contributed by atoms with E-state index in [1.54, 1.807) is 6.07 Å². The SMILES string of the molecule is O=C(O)c1ccnc(SCc2ccc(C(=O)O)o2)c1. The van der Waals surface area contributed by atoms with Crippen molar-refractivity contribution in [3.05, 3.63) is 47.5 Å². The monoisotopic (exact) mass is 279 g/mol. The van der Waals surface area contributed by atoms with Gasteiger partial charge in [-0.3, -0.25) is 0 Å². The van der Waals surface area contributed by atoms with Gasteiger partial charge in [0, 0.05) is 6.20 Å². The molecule has 0 saturated carbocycles. The Morgan fingerprint density at radius 3 is 2.63 bits per heavy atom. The number of rotatable bonds is 5. The van der Waals surface area contributed by atoms with E-state index in [0.717, 1.165) is 0 Å². The molecule has 98 valence electrons. The maximum atomic E-state index is 10.8. The number of carboxylic acids is 2. The Morgan fingerprint density at radius 1 is 1.21 bits per heavy atom. The zero-order chi connectivity index (χ0) is 13.8. The Bertz CT molecular complexity index is 622. The summed E-state index contributed by atoms with van der Waals surface area (Å²) in [5.41, 5.74) is 0.156. The van der Waals surface area contributed by atoms with Gasteiger partial charge in [0.25, 0.3) is 0 Å². The molecule has 2 N–H and O–H groups in total. The molecular weight excluding hydrogens is 270 g/mol. The maximum Gasteiger partial charge on any atom is 0.371 e. The minimum Gasteiger partial charge on any atom is -0.478 e. The molecule has 2 aromatic rings. The lowest BCUT2D eigenvalue weighted by Gasteiger charge is -2.00. The summed E-state index contributed by atoms with van der Waals surface area (Å²) in [5.74, 6) is -1.39. The van der Waals surface area contributed by atoms with E-state index in [-0.39, 0.29) is 11.3 Å². The van der Waals surface area contributed by atoms with Crippen LogP contribution < -0.4 is 0 Å². The molecule has 0 aliphatic carbocycles. The van der Waals surface area contributed by atoms with Crippen LogP contribution in [0.5, 0.6) is 0 Å². The van der Waals surface area contributed by atoms with Crippen LogP contribution in [0.3, 0.4) is 0 Å². The number of carboxylic acid groups (broad SMARTS) is 2. The van der Waals surface area contributed by atoms with Gasteiger partial charge in [-0.25, -0.2) is 14.6 Å². The lowest BCUT2D eigenvalue weighted by atomic mass is 10.3. The number of furan rings is 1. The Labute approximate surface area is 112 Å². The molecule has 19 heavy (non-hydrogen) atoms. The highest BCUT2D eigenvalue weighted by Crippen LogP contribution is 2.22. The highest BCUT2D eigenvalue weighted by atomic mass is 32.2. The van der Waals surface area contributed by atoms with Crippen molar-refractivity contribution in [1.29, 1.82) is 0 Å². The molecule has 2 heterocycles. The molecule has 0 unspecified atom stereocenters. The Hall–Kier alpha value is -2.28. The van der Waals surface area contributed by atoms with Crippen LogP contribution >= 0.6 is 11.8 Å². The van der Waals surface area contributed by atoms with E-state index in [0.29, 0.717) is 16.5 Å². The minimum absolute atomic E-state index is 0.122. The van der Waals surface area contributed by atoms with Crippen LogP contribution in [-0.2, 0) is 5.75 Å². The number of aromatic carboxylic acids is 2. The van der Waals surface area contributed by atoms with E-state index in [4.69, 9.17) is 14.6 Å². The van der Waals surface area contributed by atoms with Gasteiger partial charge in [-0.1, -0.05) is 11.8 Å². The van der Waals surface area contributed by atoms with Crippen LogP contribution in [0.15, 0.2) is 39.9 Å². The van der Waals surface area contributed by atoms with Gasteiger partial charge in [0.05, 0.1) is 16.3 Å². The van der Waals surface area contributed by atoms with Gasteiger partial charge in [0.15, 0.2) is 0 Å². The van der Waals surface area contributed by atoms with Crippen LogP contribution in [0.25, 0.3) is 0 Å². The standard InChI is InChI=1S/C12H9NO5S/c14-11(15)7-3-4-13-10(5-7)19-6-8-1-2-9(18-8)12(16)17/h1-5H,6H2,(H,14,15)(H,16,17). The molecule has 0 aromatic carbocycles. The smallest absolute Gasteiger partial charge is 0.371 e. The van der Waals surface area contributed by atoms with Crippen LogP contribution in [0.4, 0.5) is 0 Å². The molecule has 0 saturated heterocycles. The zero-order valence-corrected chi connectivity index (χ0v) is 10.4. The topological polar surface area (TPSA) is 101 Å². The third-order valence-electron chi connectivity index (χ3n) is 2.22. The summed E-state index contributed by atoms with van der Waals surface area (Å²) in [6.45, 7) is 0. The van der Waals surface area contributed by atoms with Crippen molar-refractivity contribution < 1.29 is 24.2 Å². The summed E-state index contributed by atoms with van der Waals surface area (Å²) in [5, 5.41) is 18.1. The summed E-state index contributed by atoms with van der Waals surface area (Å²) in [6.07, 6.45) is 1.41. The lowest BCUT2D eigenvalue weighted by Crippen LogP contribution is -1.96. The summed E-state index contributed by atoms with van der Waals surface area (Å²) in [4.78, 5) is 25.4. The number of nitrogens with zero attached hydrogens (tertiary/aromatic N) is 1. The fourth-order valence-corrected chi connectivity index (χ4v) is 2.13. The average Bonchev–Trinajstić information content (AvgIpc) is 2.85. The number of aromatic nitrogens is 1. The summed E-state index contributed by atoms with van der Waals surface area (Å²) >= 11 is 1.27. The number of carbonyl (C=O) groups is 2. The largest absolute Gasteiger partial charge is 0.478 e. The number of pyridine rings is 1. The first-order valence-electron chi connectivity index (χ1n) is 5.20. The van der Waals surface area contributed by atoms with Crippen molar-refractivity contribution in [3.63, 3.8) is 0 Å². The molecule has 0 atom stereocenters. The van der Waals surface area contributed by atoms with Crippen LogP contribution in [0, 0.1) is 0 Å². The van der Waals surface area contributed by atoms with Crippen molar-refractivity contribution in [2.24, 2.45) is 0 Å². The van der Waals surface area contributed by atoms with Crippen molar-refractivity contribution in [1.82, 2.24) is 4.98 Å². The highest BCUT2D eigenvalue weighted by Gasteiger charge is 2.10. The maximum absolute atomic E-state index is 10.8. The van der Waals surface area contributed by atoms with E-state index in [9.17, 15) is 9.59 Å². The van der Waals surface area contributed by atoms with Gasteiger partial charge in [-0.05, 0) is 24.3 Å². The van der Waals surface area contributed by atoms with E-state index < -0.39 is 11.9 Å². The predicted molar refractivity (Wildman–Crippen MR) is 66.4 cm³/mol. The molecule has 0 amide bonds. The van der Waals surface area contributed by atoms with E-state index >= 15 is 0 Å². The second-order valence-electron chi connectivity index (χ2n) is 3.55. The number of thioether (sulfide) groups is 1. The molecule has 0 radical (unpaired) electrons. The molecule has 0 bridgehead atoms. The van der Waals surface area contributed by atoms with Gasteiger partial charge in [-0.2, -0.15) is 0 Å². The van der Waals surface area contributed by atoms with Gasteiger partial charge >= 0.3 is 11.9 Å².